The highest BCUT2D eigenvalue weighted by Crippen LogP contribution is 2.28. The van der Waals surface area contributed by atoms with Gasteiger partial charge in [-0.15, -0.1) is 0 Å². The van der Waals surface area contributed by atoms with Crippen LogP contribution in [-0.4, -0.2) is 25.2 Å². The quantitative estimate of drug-likeness (QED) is 0.580. The summed E-state index contributed by atoms with van der Waals surface area (Å²) in [4.78, 5) is 23.8. The third kappa shape index (κ3) is 4.23. The number of carbonyl (C=O) groups is 2. The van der Waals surface area contributed by atoms with Crippen LogP contribution >= 0.6 is 0 Å². The molecule has 0 aromatic heterocycles. The summed E-state index contributed by atoms with van der Waals surface area (Å²) in [7, 11) is 0. The van der Waals surface area contributed by atoms with E-state index in [1.54, 1.807) is 19.9 Å². The van der Waals surface area contributed by atoms with Crippen LogP contribution in [0.2, 0.25) is 0 Å². The first kappa shape index (κ1) is 15.5. The van der Waals surface area contributed by atoms with Crippen LogP contribution in [-0.2, 0) is 19.1 Å². The van der Waals surface area contributed by atoms with Gasteiger partial charge in [0, 0.05) is 12.0 Å². The molecule has 0 heterocycles. The topological polar surface area (TPSA) is 52.6 Å². The third-order valence-electron chi connectivity index (χ3n) is 3.24. The zero-order valence-electron chi connectivity index (χ0n) is 12.1. The van der Waals surface area contributed by atoms with E-state index in [4.69, 9.17) is 9.47 Å². The second-order valence-electron chi connectivity index (χ2n) is 4.71. The molecule has 0 aromatic carbocycles. The van der Waals surface area contributed by atoms with E-state index in [1.807, 2.05) is 13.8 Å². The van der Waals surface area contributed by atoms with E-state index in [0.717, 1.165) is 11.1 Å². The van der Waals surface area contributed by atoms with Gasteiger partial charge in [0.1, 0.15) is 0 Å². The maximum atomic E-state index is 11.9. The summed E-state index contributed by atoms with van der Waals surface area (Å²) in [5.41, 5.74) is 2.80. The fourth-order valence-corrected chi connectivity index (χ4v) is 2.07. The first-order valence-corrected chi connectivity index (χ1v) is 6.69. The average molecular weight is 266 g/mol. The summed E-state index contributed by atoms with van der Waals surface area (Å²) >= 11 is 0. The van der Waals surface area contributed by atoms with E-state index in [2.05, 4.69) is 0 Å². The van der Waals surface area contributed by atoms with Crippen molar-refractivity contribution in [3.8, 4) is 0 Å². The lowest BCUT2D eigenvalue weighted by Crippen LogP contribution is -2.17. The van der Waals surface area contributed by atoms with Crippen LogP contribution in [0.3, 0.4) is 0 Å². The molecule has 0 aliphatic heterocycles. The number of carbonyl (C=O) groups excluding carboxylic acids is 2. The molecule has 0 radical (unpaired) electrons. The van der Waals surface area contributed by atoms with Gasteiger partial charge in [-0.25, -0.2) is 4.79 Å². The number of allylic oxidation sites excluding steroid dienone is 2. The molecule has 0 bridgehead atoms. The van der Waals surface area contributed by atoms with Gasteiger partial charge in [0.15, 0.2) is 0 Å². The lowest BCUT2D eigenvalue weighted by atomic mass is 9.99. The highest BCUT2D eigenvalue weighted by molar-refractivity contribution is 5.90. The lowest BCUT2D eigenvalue weighted by molar-refractivity contribution is -0.146. The van der Waals surface area contributed by atoms with Crippen LogP contribution in [0, 0.1) is 5.92 Å². The number of hydrogen-bond donors (Lipinski definition) is 0. The molecule has 1 rings (SSSR count). The van der Waals surface area contributed by atoms with Gasteiger partial charge in [-0.3, -0.25) is 4.79 Å². The molecule has 0 saturated heterocycles. The van der Waals surface area contributed by atoms with Crippen LogP contribution in [0.4, 0.5) is 0 Å². The highest BCUT2D eigenvalue weighted by atomic mass is 16.5. The van der Waals surface area contributed by atoms with Gasteiger partial charge in [0.05, 0.1) is 19.1 Å². The van der Waals surface area contributed by atoms with E-state index < -0.39 is 5.92 Å². The summed E-state index contributed by atoms with van der Waals surface area (Å²) in [6.07, 6.45) is 2.85. The summed E-state index contributed by atoms with van der Waals surface area (Å²) in [6, 6.07) is 0. The fourth-order valence-electron chi connectivity index (χ4n) is 2.07. The maximum Gasteiger partial charge on any atom is 0.334 e. The minimum absolute atomic E-state index is 0.279. The van der Waals surface area contributed by atoms with Crippen LogP contribution in [0.5, 0.6) is 0 Å². The molecule has 1 unspecified atom stereocenters. The van der Waals surface area contributed by atoms with E-state index in [-0.39, 0.29) is 11.9 Å². The molecule has 0 fully saturated rings. The summed E-state index contributed by atoms with van der Waals surface area (Å²) in [5.74, 6) is -1.01. The molecule has 1 aliphatic carbocycles. The molecular weight excluding hydrogens is 244 g/mol. The van der Waals surface area contributed by atoms with E-state index >= 15 is 0 Å². The van der Waals surface area contributed by atoms with Crippen LogP contribution in [0.25, 0.3) is 0 Å². The Morgan fingerprint density at radius 3 is 2.37 bits per heavy atom. The van der Waals surface area contributed by atoms with E-state index in [0.29, 0.717) is 31.6 Å². The molecule has 19 heavy (non-hydrogen) atoms. The van der Waals surface area contributed by atoms with Gasteiger partial charge in [-0.2, -0.15) is 0 Å². The van der Waals surface area contributed by atoms with E-state index in [9.17, 15) is 9.59 Å². The van der Waals surface area contributed by atoms with Crippen LogP contribution in [0.15, 0.2) is 22.8 Å². The standard InChI is InChI=1S/C15H22O4/c1-5-18-14(16)12-7-10(3)11(4)8-13(9-12)15(17)19-6-2/h9,12H,5-8H2,1-4H3. The van der Waals surface area contributed by atoms with Crippen molar-refractivity contribution < 1.29 is 19.1 Å². The molecule has 4 heteroatoms. The number of hydrogen-bond acceptors (Lipinski definition) is 4. The largest absolute Gasteiger partial charge is 0.466 e. The maximum absolute atomic E-state index is 11.9. The predicted molar refractivity (Wildman–Crippen MR) is 72.4 cm³/mol. The monoisotopic (exact) mass is 266 g/mol. The van der Waals surface area contributed by atoms with Crippen molar-refractivity contribution >= 4 is 11.9 Å². The zero-order valence-corrected chi connectivity index (χ0v) is 12.1. The van der Waals surface area contributed by atoms with Crippen LogP contribution in [0.1, 0.15) is 40.5 Å². The Morgan fingerprint density at radius 1 is 1.16 bits per heavy atom. The molecule has 4 nitrogen and oxygen atoms in total. The minimum Gasteiger partial charge on any atom is -0.466 e. The Bertz CT molecular complexity index is 418. The van der Waals surface area contributed by atoms with Gasteiger partial charge >= 0.3 is 11.9 Å². The Hall–Kier alpha value is -1.58. The molecule has 106 valence electrons. The molecular formula is C15H22O4. The minimum atomic E-state index is -0.392. The van der Waals surface area contributed by atoms with Gasteiger partial charge in [0.2, 0.25) is 0 Å². The van der Waals surface area contributed by atoms with Gasteiger partial charge in [-0.1, -0.05) is 17.2 Å². The van der Waals surface area contributed by atoms with Crippen molar-refractivity contribution in [3.05, 3.63) is 22.8 Å². The molecule has 1 aliphatic rings. The molecule has 0 saturated carbocycles. The highest BCUT2D eigenvalue weighted by Gasteiger charge is 2.25. The Kier molecular flexibility index (Phi) is 5.80. The molecule has 1 atom stereocenters. The van der Waals surface area contributed by atoms with Gasteiger partial charge in [0.25, 0.3) is 0 Å². The third-order valence-corrected chi connectivity index (χ3v) is 3.24. The Labute approximate surface area is 114 Å². The summed E-state index contributed by atoms with van der Waals surface area (Å²) < 4.78 is 10.1. The smallest absolute Gasteiger partial charge is 0.334 e. The van der Waals surface area contributed by atoms with Crippen molar-refractivity contribution in [2.45, 2.75) is 40.5 Å². The second-order valence-corrected chi connectivity index (χ2v) is 4.71. The first-order chi connectivity index (χ1) is 8.99. The number of esters is 2. The molecule has 0 amide bonds. The second kappa shape index (κ2) is 7.12. The van der Waals surface area contributed by atoms with Gasteiger partial charge in [-0.05, 0) is 34.1 Å². The summed E-state index contributed by atoms with van der Waals surface area (Å²) in [6.45, 7) is 8.20. The molecule has 0 aromatic rings. The SMILES string of the molecule is CCOC(=O)C1=CC(C(=O)OCC)CC(C)=C(C)C1. The van der Waals surface area contributed by atoms with Crippen molar-refractivity contribution in [1.29, 1.82) is 0 Å². The molecule has 0 N–H and O–H groups in total. The van der Waals surface area contributed by atoms with Gasteiger partial charge < -0.3 is 9.47 Å². The lowest BCUT2D eigenvalue weighted by Gasteiger charge is -2.11. The van der Waals surface area contributed by atoms with Crippen molar-refractivity contribution in [2.75, 3.05) is 13.2 Å². The zero-order chi connectivity index (χ0) is 14.4. The first-order valence-electron chi connectivity index (χ1n) is 6.69. The fraction of sp³-hybridized carbons (Fsp3) is 0.600. The van der Waals surface area contributed by atoms with Crippen molar-refractivity contribution in [2.24, 2.45) is 5.92 Å². The predicted octanol–water partition coefficient (Wildman–Crippen LogP) is 2.79. The number of ether oxygens (including phenoxy) is 2. The number of rotatable bonds is 4. The molecule has 0 spiro atoms. The van der Waals surface area contributed by atoms with Crippen molar-refractivity contribution in [3.63, 3.8) is 0 Å². The summed E-state index contributed by atoms with van der Waals surface area (Å²) in [5, 5.41) is 0. The Balaban J connectivity index is 3.00. The van der Waals surface area contributed by atoms with Crippen LogP contribution < -0.4 is 0 Å². The average Bonchev–Trinajstić information content (AvgIpc) is 2.50. The Morgan fingerprint density at radius 2 is 1.79 bits per heavy atom. The van der Waals surface area contributed by atoms with E-state index in [1.165, 1.54) is 0 Å². The van der Waals surface area contributed by atoms with Crippen molar-refractivity contribution in [1.82, 2.24) is 0 Å². The normalized spacial score (nSPS) is 19.6.